The van der Waals surface area contributed by atoms with Crippen LogP contribution in [0.2, 0.25) is 0 Å². The van der Waals surface area contributed by atoms with Crippen molar-refractivity contribution in [2.45, 2.75) is 13.0 Å². The number of hydrogen-bond donors (Lipinski definition) is 0. The average molecular weight is 330 g/mol. The van der Waals surface area contributed by atoms with E-state index >= 15 is 0 Å². The predicted octanol–water partition coefficient (Wildman–Crippen LogP) is 4.14. The van der Waals surface area contributed by atoms with Gasteiger partial charge in [0.25, 0.3) is 5.91 Å². The van der Waals surface area contributed by atoms with Gasteiger partial charge in [-0.15, -0.1) is 0 Å². The van der Waals surface area contributed by atoms with Gasteiger partial charge in [-0.1, -0.05) is 30.3 Å². The zero-order valence-electron chi connectivity index (χ0n) is 14.1. The van der Waals surface area contributed by atoms with Gasteiger partial charge in [-0.05, 0) is 54.1 Å². The molecule has 1 atom stereocenters. The molecule has 25 heavy (non-hydrogen) atoms. The summed E-state index contributed by atoms with van der Waals surface area (Å²) in [6.07, 6.45) is -0.635. The Kier molecular flexibility index (Phi) is 4.67. The van der Waals surface area contributed by atoms with Crippen molar-refractivity contribution >= 4 is 22.4 Å². The number of likely N-dealkylation sites (N-methyl/N-ethyl adjacent to an activating group) is 1. The maximum absolute atomic E-state index is 12.7. The number of carbonyl (C=O) groups is 1. The van der Waals surface area contributed by atoms with Crippen LogP contribution in [0.5, 0.6) is 5.75 Å². The molecule has 3 rings (SSSR count). The molecule has 0 N–H and O–H groups in total. The minimum Gasteiger partial charge on any atom is -0.481 e. The van der Waals surface area contributed by atoms with Crippen LogP contribution in [0.4, 0.5) is 5.69 Å². The van der Waals surface area contributed by atoms with Crippen LogP contribution in [0.15, 0.2) is 66.7 Å². The summed E-state index contributed by atoms with van der Waals surface area (Å²) in [7, 11) is 1.74. The second kappa shape index (κ2) is 7.06. The number of nitrogens with zero attached hydrogens (tertiary/aromatic N) is 2. The molecule has 0 fully saturated rings. The molecule has 0 aliphatic carbocycles. The molecule has 3 aromatic carbocycles. The van der Waals surface area contributed by atoms with Crippen LogP contribution in [0.25, 0.3) is 10.8 Å². The van der Waals surface area contributed by atoms with Gasteiger partial charge in [-0.25, -0.2) is 0 Å². The highest BCUT2D eigenvalue weighted by Crippen LogP contribution is 2.22. The Bertz CT molecular complexity index is 942. The van der Waals surface area contributed by atoms with E-state index < -0.39 is 6.10 Å². The fourth-order valence-corrected chi connectivity index (χ4v) is 2.65. The minimum absolute atomic E-state index is 0.139. The van der Waals surface area contributed by atoms with Crippen molar-refractivity contribution in [3.8, 4) is 11.8 Å². The van der Waals surface area contributed by atoms with Gasteiger partial charge in [-0.2, -0.15) is 5.26 Å². The van der Waals surface area contributed by atoms with Crippen LogP contribution in [-0.4, -0.2) is 19.1 Å². The van der Waals surface area contributed by atoms with Crippen LogP contribution >= 0.6 is 0 Å². The van der Waals surface area contributed by atoms with E-state index in [4.69, 9.17) is 10.00 Å². The molecule has 4 heteroatoms. The lowest BCUT2D eigenvalue weighted by Gasteiger charge is -2.22. The van der Waals surface area contributed by atoms with Crippen LogP contribution in [0.3, 0.4) is 0 Å². The molecule has 0 aliphatic rings. The Balaban J connectivity index is 1.74. The van der Waals surface area contributed by atoms with E-state index in [1.54, 1.807) is 43.1 Å². The number of benzene rings is 3. The number of carbonyl (C=O) groups excluding carboxylic acids is 1. The maximum atomic E-state index is 12.7. The van der Waals surface area contributed by atoms with E-state index in [0.29, 0.717) is 11.3 Å². The SMILES string of the molecule is CC(Oc1ccc(C#N)cc1)C(=O)N(C)c1ccc2ccccc2c1. The van der Waals surface area contributed by atoms with Crippen molar-refractivity contribution in [3.05, 3.63) is 72.3 Å². The molecular formula is C21H18N2O2. The fourth-order valence-electron chi connectivity index (χ4n) is 2.65. The molecule has 124 valence electrons. The lowest BCUT2D eigenvalue weighted by Crippen LogP contribution is -2.38. The number of ether oxygens (including phenoxy) is 1. The Morgan fingerprint density at radius 3 is 2.40 bits per heavy atom. The summed E-state index contributed by atoms with van der Waals surface area (Å²) in [4.78, 5) is 14.3. The van der Waals surface area contributed by atoms with E-state index in [2.05, 4.69) is 6.07 Å². The third kappa shape index (κ3) is 3.61. The molecule has 1 unspecified atom stereocenters. The first-order valence-corrected chi connectivity index (χ1v) is 8.01. The largest absolute Gasteiger partial charge is 0.481 e. The molecule has 0 spiro atoms. The fraction of sp³-hybridized carbons (Fsp3) is 0.143. The molecular weight excluding hydrogens is 312 g/mol. The number of amides is 1. The second-order valence-corrected chi connectivity index (χ2v) is 5.82. The maximum Gasteiger partial charge on any atom is 0.267 e. The number of rotatable bonds is 4. The molecule has 0 aromatic heterocycles. The summed E-state index contributed by atoms with van der Waals surface area (Å²) in [5, 5.41) is 11.0. The summed E-state index contributed by atoms with van der Waals surface area (Å²) < 4.78 is 5.71. The molecule has 0 aliphatic heterocycles. The van der Waals surface area contributed by atoms with Gasteiger partial charge >= 0.3 is 0 Å². The quantitative estimate of drug-likeness (QED) is 0.722. The number of fused-ring (bicyclic) bond motifs is 1. The highest BCUT2D eigenvalue weighted by molar-refractivity contribution is 5.98. The van der Waals surface area contributed by atoms with Crippen LogP contribution < -0.4 is 9.64 Å². The van der Waals surface area contributed by atoms with Crippen molar-refractivity contribution in [2.24, 2.45) is 0 Å². The number of hydrogen-bond acceptors (Lipinski definition) is 3. The normalized spacial score (nSPS) is 11.6. The predicted molar refractivity (Wildman–Crippen MR) is 98.6 cm³/mol. The van der Waals surface area contributed by atoms with Crippen LogP contribution in [-0.2, 0) is 4.79 Å². The lowest BCUT2D eigenvalue weighted by atomic mass is 10.1. The van der Waals surface area contributed by atoms with Crippen molar-refractivity contribution < 1.29 is 9.53 Å². The minimum atomic E-state index is -0.635. The van der Waals surface area contributed by atoms with Gasteiger partial charge < -0.3 is 9.64 Å². The van der Waals surface area contributed by atoms with E-state index in [-0.39, 0.29) is 5.91 Å². The smallest absolute Gasteiger partial charge is 0.267 e. The third-order valence-electron chi connectivity index (χ3n) is 4.09. The topological polar surface area (TPSA) is 53.3 Å². The van der Waals surface area contributed by atoms with E-state index in [1.807, 2.05) is 42.5 Å². The van der Waals surface area contributed by atoms with Gasteiger partial charge in [0.1, 0.15) is 5.75 Å². The van der Waals surface area contributed by atoms with E-state index in [1.165, 1.54) is 0 Å². The lowest BCUT2D eigenvalue weighted by molar-refractivity contribution is -0.124. The van der Waals surface area contributed by atoms with Crippen molar-refractivity contribution in [3.63, 3.8) is 0 Å². The van der Waals surface area contributed by atoms with Gasteiger partial charge in [0.05, 0.1) is 11.6 Å². The Morgan fingerprint density at radius 1 is 1.04 bits per heavy atom. The Morgan fingerprint density at radius 2 is 1.72 bits per heavy atom. The molecule has 0 bridgehead atoms. The first kappa shape index (κ1) is 16.5. The number of nitriles is 1. The summed E-state index contributed by atoms with van der Waals surface area (Å²) in [5.41, 5.74) is 1.37. The first-order chi connectivity index (χ1) is 12.1. The van der Waals surface area contributed by atoms with Crippen LogP contribution in [0, 0.1) is 11.3 Å². The van der Waals surface area contributed by atoms with Gasteiger partial charge in [-0.3, -0.25) is 4.79 Å². The summed E-state index contributed by atoms with van der Waals surface area (Å²) >= 11 is 0. The Labute approximate surface area is 146 Å². The summed E-state index contributed by atoms with van der Waals surface area (Å²) in [5.74, 6) is 0.423. The van der Waals surface area contributed by atoms with Crippen molar-refractivity contribution in [1.82, 2.24) is 0 Å². The van der Waals surface area contributed by atoms with Gasteiger partial charge in [0.2, 0.25) is 0 Å². The highest BCUT2D eigenvalue weighted by atomic mass is 16.5. The molecule has 0 heterocycles. The monoisotopic (exact) mass is 330 g/mol. The van der Waals surface area contributed by atoms with Crippen molar-refractivity contribution in [2.75, 3.05) is 11.9 Å². The zero-order chi connectivity index (χ0) is 17.8. The molecule has 0 saturated heterocycles. The zero-order valence-corrected chi connectivity index (χ0v) is 14.1. The van der Waals surface area contributed by atoms with Gasteiger partial charge in [0, 0.05) is 12.7 Å². The molecule has 4 nitrogen and oxygen atoms in total. The standard InChI is InChI=1S/C21H18N2O2/c1-15(25-20-11-7-16(14-22)8-12-20)21(24)23(2)19-10-9-17-5-3-4-6-18(17)13-19/h3-13,15H,1-2H3. The first-order valence-electron chi connectivity index (χ1n) is 8.01. The summed E-state index contributed by atoms with van der Waals surface area (Å²) in [6, 6.07) is 22.7. The molecule has 1 amide bonds. The van der Waals surface area contributed by atoms with E-state index in [0.717, 1.165) is 16.5 Å². The van der Waals surface area contributed by atoms with Gasteiger partial charge in [0.15, 0.2) is 6.10 Å². The average Bonchev–Trinajstić information content (AvgIpc) is 2.67. The summed E-state index contributed by atoms with van der Waals surface area (Å²) in [6.45, 7) is 1.72. The molecule has 3 aromatic rings. The Hall–Kier alpha value is -3.32. The molecule has 0 radical (unpaired) electrons. The third-order valence-corrected chi connectivity index (χ3v) is 4.09. The molecule has 0 saturated carbocycles. The van der Waals surface area contributed by atoms with Crippen molar-refractivity contribution in [1.29, 1.82) is 5.26 Å². The highest BCUT2D eigenvalue weighted by Gasteiger charge is 2.20. The number of anilines is 1. The van der Waals surface area contributed by atoms with E-state index in [9.17, 15) is 4.79 Å². The second-order valence-electron chi connectivity index (χ2n) is 5.82. The van der Waals surface area contributed by atoms with Crippen LogP contribution in [0.1, 0.15) is 12.5 Å².